The van der Waals surface area contributed by atoms with Gasteiger partial charge in [0.2, 0.25) is 5.89 Å². The van der Waals surface area contributed by atoms with Gasteiger partial charge < -0.3 is 9.52 Å². The maximum absolute atomic E-state index is 11.7. The Labute approximate surface area is 101 Å². The zero-order valence-electron chi connectivity index (χ0n) is 9.25. The smallest absolute Gasteiger partial charge is 0.354 e. The third-order valence-electron chi connectivity index (χ3n) is 1.99. The quantitative estimate of drug-likeness (QED) is 0.821. The summed E-state index contributed by atoms with van der Waals surface area (Å²) < 4.78 is 4.97. The van der Waals surface area contributed by atoms with E-state index in [1.54, 1.807) is 6.92 Å². The molecular weight excluding hydrogens is 240 g/mol. The molecule has 2 aromatic rings. The van der Waals surface area contributed by atoms with Crippen molar-refractivity contribution in [3.8, 4) is 0 Å². The second-order valence-corrected chi connectivity index (χ2v) is 3.32. The lowest BCUT2D eigenvalue weighted by Crippen LogP contribution is -2.13. The number of rotatable bonds is 3. The van der Waals surface area contributed by atoms with Gasteiger partial charge in [-0.05, 0) is 12.1 Å². The Morgan fingerprint density at radius 1 is 1.39 bits per heavy atom. The van der Waals surface area contributed by atoms with Gasteiger partial charge in [0, 0.05) is 18.7 Å². The number of nitrogens with zero attached hydrogens (tertiary/aromatic N) is 3. The van der Waals surface area contributed by atoms with Crippen LogP contribution in [0.1, 0.15) is 26.7 Å². The summed E-state index contributed by atoms with van der Waals surface area (Å²) in [5.74, 6) is -1.45. The highest BCUT2D eigenvalue weighted by molar-refractivity contribution is 6.04. The van der Waals surface area contributed by atoms with E-state index in [2.05, 4.69) is 20.5 Å². The Kier molecular flexibility index (Phi) is 3.00. The first-order valence-electron chi connectivity index (χ1n) is 4.87. The Bertz CT molecular complexity index is 607. The second kappa shape index (κ2) is 4.62. The van der Waals surface area contributed by atoms with Gasteiger partial charge in [-0.3, -0.25) is 10.1 Å². The van der Waals surface area contributed by atoms with E-state index in [0.717, 1.165) is 6.07 Å². The molecule has 0 aliphatic heterocycles. The van der Waals surface area contributed by atoms with Crippen LogP contribution in [0, 0.1) is 6.92 Å². The van der Waals surface area contributed by atoms with Crippen LogP contribution in [0.3, 0.4) is 0 Å². The molecular formula is C10H8N4O4. The zero-order valence-corrected chi connectivity index (χ0v) is 9.25. The van der Waals surface area contributed by atoms with Crippen LogP contribution in [0.2, 0.25) is 0 Å². The minimum atomic E-state index is -1.21. The molecule has 0 saturated heterocycles. The van der Waals surface area contributed by atoms with E-state index in [0.29, 0.717) is 5.89 Å². The summed E-state index contributed by atoms with van der Waals surface area (Å²) in [5, 5.41) is 18.2. The van der Waals surface area contributed by atoms with Crippen molar-refractivity contribution in [2.45, 2.75) is 6.92 Å². The molecule has 0 unspecified atom stereocenters. The van der Waals surface area contributed by atoms with E-state index >= 15 is 0 Å². The summed E-state index contributed by atoms with van der Waals surface area (Å²) in [6, 6.07) is 2.48. The second-order valence-electron chi connectivity index (χ2n) is 3.32. The van der Waals surface area contributed by atoms with E-state index < -0.39 is 11.9 Å². The van der Waals surface area contributed by atoms with Crippen LogP contribution in [-0.2, 0) is 0 Å². The highest BCUT2D eigenvalue weighted by Gasteiger charge is 2.13. The number of amides is 1. The van der Waals surface area contributed by atoms with Crippen LogP contribution in [0.25, 0.3) is 0 Å². The Balaban J connectivity index is 2.18. The molecule has 2 aromatic heterocycles. The topological polar surface area (TPSA) is 118 Å². The summed E-state index contributed by atoms with van der Waals surface area (Å²) in [6.07, 6.45) is 1.23. The number of carboxylic acid groups (broad SMARTS) is 1. The lowest BCUT2D eigenvalue weighted by atomic mass is 10.2. The van der Waals surface area contributed by atoms with Gasteiger partial charge in [0.1, 0.15) is 5.69 Å². The molecule has 2 heterocycles. The van der Waals surface area contributed by atoms with Gasteiger partial charge in [-0.2, -0.15) is 0 Å². The summed E-state index contributed by atoms with van der Waals surface area (Å²) in [7, 11) is 0. The number of carbonyl (C=O) groups is 2. The normalized spacial score (nSPS) is 10.1. The molecule has 0 atom stereocenters. The van der Waals surface area contributed by atoms with Crippen molar-refractivity contribution in [1.29, 1.82) is 0 Å². The molecule has 0 radical (unpaired) electrons. The van der Waals surface area contributed by atoms with Crippen molar-refractivity contribution in [1.82, 2.24) is 15.2 Å². The predicted molar refractivity (Wildman–Crippen MR) is 58.2 cm³/mol. The fraction of sp³-hybridized carbons (Fsp3) is 0.100. The molecule has 0 saturated carbocycles. The number of aromatic nitrogens is 3. The van der Waals surface area contributed by atoms with Gasteiger partial charge in [0.25, 0.3) is 5.91 Å². The van der Waals surface area contributed by atoms with Crippen molar-refractivity contribution in [3.05, 3.63) is 35.5 Å². The first kappa shape index (κ1) is 11.7. The number of hydrogen-bond acceptors (Lipinski definition) is 6. The molecule has 0 spiro atoms. The van der Waals surface area contributed by atoms with Crippen molar-refractivity contribution < 1.29 is 19.1 Å². The summed E-state index contributed by atoms with van der Waals surface area (Å²) >= 11 is 0. The van der Waals surface area contributed by atoms with Crippen LogP contribution >= 0.6 is 0 Å². The fourth-order valence-corrected chi connectivity index (χ4v) is 1.21. The third kappa shape index (κ3) is 2.48. The predicted octanol–water partition coefficient (Wildman–Crippen LogP) is 0.724. The molecule has 0 aliphatic carbocycles. The first-order chi connectivity index (χ1) is 8.56. The standard InChI is InChI=1S/C10H8N4O4/c1-5-13-14-10(18-5)12-8(15)6-2-3-11-7(4-6)9(16)17/h2-4H,1H3,(H,16,17)(H,12,14,15). The average molecular weight is 248 g/mol. The Hall–Kier alpha value is -2.77. The molecule has 2 rings (SSSR count). The summed E-state index contributed by atoms with van der Waals surface area (Å²) in [5.41, 5.74) is -0.0809. The fourth-order valence-electron chi connectivity index (χ4n) is 1.21. The molecule has 8 nitrogen and oxygen atoms in total. The largest absolute Gasteiger partial charge is 0.477 e. The lowest BCUT2D eigenvalue weighted by Gasteiger charge is -2.00. The molecule has 2 N–H and O–H groups in total. The van der Waals surface area contributed by atoms with Crippen molar-refractivity contribution in [2.75, 3.05) is 5.32 Å². The molecule has 92 valence electrons. The maximum atomic E-state index is 11.7. The summed E-state index contributed by atoms with van der Waals surface area (Å²) in [4.78, 5) is 26.0. The number of carboxylic acids is 1. The Morgan fingerprint density at radius 2 is 2.17 bits per heavy atom. The van der Waals surface area contributed by atoms with E-state index in [9.17, 15) is 9.59 Å². The molecule has 0 aromatic carbocycles. The highest BCUT2D eigenvalue weighted by atomic mass is 16.4. The molecule has 0 bridgehead atoms. The molecule has 1 amide bonds. The van der Waals surface area contributed by atoms with Gasteiger partial charge in [-0.1, -0.05) is 5.10 Å². The number of carbonyl (C=O) groups excluding carboxylic acids is 1. The monoisotopic (exact) mass is 248 g/mol. The van der Waals surface area contributed by atoms with Gasteiger partial charge >= 0.3 is 12.0 Å². The lowest BCUT2D eigenvalue weighted by molar-refractivity contribution is 0.0690. The van der Waals surface area contributed by atoms with Gasteiger partial charge in [-0.15, -0.1) is 5.10 Å². The SMILES string of the molecule is Cc1nnc(NC(=O)c2ccnc(C(=O)O)c2)o1. The van der Waals surface area contributed by atoms with E-state index in [4.69, 9.17) is 9.52 Å². The minimum absolute atomic E-state index is 0.0498. The number of hydrogen-bond donors (Lipinski definition) is 2. The molecule has 0 fully saturated rings. The number of anilines is 1. The van der Waals surface area contributed by atoms with Gasteiger partial charge in [0.05, 0.1) is 0 Å². The number of nitrogens with one attached hydrogen (secondary N) is 1. The Morgan fingerprint density at radius 3 is 2.78 bits per heavy atom. The van der Waals surface area contributed by atoms with Crippen molar-refractivity contribution in [2.24, 2.45) is 0 Å². The zero-order chi connectivity index (χ0) is 13.1. The van der Waals surface area contributed by atoms with Crippen LogP contribution < -0.4 is 5.32 Å². The van der Waals surface area contributed by atoms with Gasteiger partial charge in [-0.25, -0.2) is 9.78 Å². The third-order valence-corrected chi connectivity index (χ3v) is 1.99. The molecule has 0 aliphatic rings. The molecule has 18 heavy (non-hydrogen) atoms. The van der Waals surface area contributed by atoms with E-state index in [1.165, 1.54) is 12.3 Å². The minimum Gasteiger partial charge on any atom is -0.477 e. The van der Waals surface area contributed by atoms with E-state index in [1.807, 2.05) is 0 Å². The van der Waals surface area contributed by atoms with Crippen molar-refractivity contribution in [3.63, 3.8) is 0 Å². The van der Waals surface area contributed by atoms with Crippen molar-refractivity contribution >= 4 is 17.9 Å². The van der Waals surface area contributed by atoms with Crippen LogP contribution in [0.15, 0.2) is 22.7 Å². The van der Waals surface area contributed by atoms with Crippen LogP contribution in [-0.4, -0.2) is 32.2 Å². The number of pyridine rings is 1. The first-order valence-corrected chi connectivity index (χ1v) is 4.87. The highest BCUT2D eigenvalue weighted by Crippen LogP contribution is 2.08. The van der Waals surface area contributed by atoms with Crippen LogP contribution in [0.4, 0.5) is 6.01 Å². The average Bonchev–Trinajstić information content (AvgIpc) is 2.75. The maximum Gasteiger partial charge on any atom is 0.354 e. The van der Waals surface area contributed by atoms with Gasteiger partial charge in [0.15, 0.2) is 0 Å². The van der Waals surface area contributed by atoms with Crippen LogP contribution in [0.5, 0.6) is 0 Å². The number of aryl methyl sites for hydroxylation is 1. The molecule has 8 heteroatoms. The summed E-state index contributed by atoms with van der Waals surface area (Å²) in [6.45, 7) is 1.58. The van der Waals surface area contributed by atoms with E-state index in [-0.39, 0.29) is 17.3 Å². The number of aromatic carboxylic acids is 1.